The van der Waals surface area contributed by atoms with E-state index < -0.39 is 28.5 Å². The van der Waals surface area contributed by atoms with Gasteiger partial charge in [0.05, 0.1) is 19.1 Å². The number of amides is 2. The predicted octanol–water partition coefficient (Wildman–Crippen LogP) is 4.09. The molecule has 2 aromatic carbocycles. The number of methoxy groups -OCH3 is 1. The molecule has 1 N–H and O–H groups in total. The van der Waals surface area contributed by atoms with E-state index in [0.717, 1.165) is 28.1 Å². The van der Waals surface area contributed by atoms with Crippen molar-refractivity contribution in [3.8, 4) is 5.75 Å². The van der Waals surface area contributed by atoms with E-state index in [4.69, 9.17) is 4.74 Å². The van der Waals surface area contributed by atoms with Crippen LogP contribution in [0.15, 0.2) is 48.5 Å². The zero-order valence-corrected chi connectivity index (χ0v) is 24.1. The van der Waals surface area contributed by atoms with Gasteiger partial charge in [0.25, 0.3) is 0 Å². The Morgan fingerprint density at radius 2 is 1.57 bits per heavy atom. The standard InChI is InChI=1S/C28H41N3O5S/c1-9-20(2)29-27(33)21(3)30(18-22-10-16-25(36-7)17-11-22)26(32)19-31(37(8,34)35)24-14-12-23(13-15-24)28(4,5)6/h10-17,20-21H,9,18-19H2,1-8H3,(H,29,33)/t20-,21+/m1/s1. The van der Waals surface area contributed by atoms with E-state index in [-0.39, 0.29) is 23.9 Å². The van der Waals surface area contributed by atoms with Gasteiger partial charge in [-0.15, -0.1) is 0 Å². The Morgan fingerprint density at radius 3 is 2.03 bits per heavy atom. The molecular formula is C28H41N3O5S. The molecule has 0 aliphatic carbocycles. The average molecular weight is 532 g/mol. The lowest BCUT2D eigenvalue weighted by molar-refractivity contribution is -0.139. The van der Waals surface area contributed by atoms with Gasteiger partial charge in [0.1, 0.15) is 18.3 Å². The lowest BCUT2D eigenvalue weighted by atomic mass is 9.87. The number of nitrogens with zero attached hydrogens (tertiary/aromatic N) is 2. The summed E-state index contributed by atoms with van der Waals surface area (Å²) in [6.07, 6.45) is 1.82. The lowest BCUT2D eigenvalue weighted by Gasteiger charge is -2.32. The summed E-state index contributed by atoms with van der Waals surface area (Å²) in [7, 11) is -2.21. The van der Waals surface area contributed by atoms with Gasteiger partial charge in [-0.2, -0.15) is 0 Å². The molecule has 2 aromatic rings. The number of hydrogen-bond donors (Lipinski definition) is 1. The van der Waals surface area contributed by atoms with E-state index in [1.807, 2.05) is 38.1 Å². The zero-order chi connectivity index (χ0) is 28.0. The highest BCUT2D eigenvalue weighted by atomic mass is 32.2. The molecule has 8 nitrogen and oxygen atoms in total. The number of sulfonamides is 1. The molecule has 0 heterocycles. The third kappa shape index (κ3) is 8.49. The summed E-state index contributed by atoms with van der Waals surface area (Å²) in [4.78, 5) is 28.0. The van der Waals surface area contributed by atoms with E-state index in [1.54, 1.807) is 38.3 Å². The van der Waals surface area contributed by atoms with Gasteiger partial charge in [-0.05, 0) is 61.1 Å². The Bertz CT molecular complexity index is 1160. The highest BCUT2D eigenvalue weighted by Crippen LogP contribution is 2.26. The average Bonchev–Trinajstić information content (AvgIpc) is 2.84. The molecule has 37 heavy (non-hydrogen) atoms. The van der Waals surface area contributed by atoms with E-state index in [9.17, 15) is 18.0 Å². The number of hydrogen-bond acceptors (Lipinski definition) is 5. The predicted molar refractivity (Wildman–Crippen MR) is 148 cm³/mol. The summed E-state index contributed by atoms with van der Waals surface area (Å²) < 4.78 is 31.8. The smallest absolute Gasteiger partial charge is 0.244 e. The maximum absolute atomic E-state index is 13.6. The Morgan fingerprint density at radius 1 is 1.00 bits per heavy atom. The van der Waals surface area contributed by atoms with Crippen molar-refractivity contribution in [2.24, 2.45) is 0 Å². The van der Waals surface area contributed by atoms with Crippen molar-refractivity contribution >= 4 is 27.5 Å². The minimum absolute atomic E-state index is 0.0539. The summed E-state index contributed by atoms with van der Waals surface area (Å²) in [5, 5.41) is 2.92. The van der Waals surface area contributed by atoms with Crippen LogP contribution in [0.1, 0.15) is 59.1 Å². The molecule has 0 aromatic heterocycles. The topological polar surface area (TPSA) is 96.0 Å². The number of carbonyl (C=O) groups is 2. The molecule has 204 valence electrons. The van der Waals surface area contributed by atoms with Crippen LogP contribution in [0.4, 0.5) is 5.69 Å². The van der Waals surface area contributed by atoms with E-state index in [0.29, 0.717) is 11.4 Å². The third-order valence-corrected chi connectivity index (χ3v) is 7.52. The molecule has 0 unspecified atom stereocenters. The van der Waals surface area contributed by atoms with Crippen molar-refractivity contribution in [3.05, 3.63) is 59.7 Å². The van der Waals surface area contributed by atoms with Crippen LogP contribution < -0.4 is 14.4 Å². The summed E-state index contributed by atoms with van der Waals surface area (Å²) in [6.45, 7) is 11.4. The van der Waals surface area contributed by atoms with E-state index >= 15 is 0 Å². The Hall–Kier alpha value is -3.07. The Balaban J connectivity index is 2.39. The largest absolute Gasteiger partial charge is 0.497 e. The summed E-state index contributed by atoms with van der Waals surface area (Å²) >= 11 is 0. The molecule has 0 aliphatic heterocycles. The van der Waals surface area contributed by atoms with Gasteiger partial charge in [0.15, 0.2) is 0 Å². The third-order valence-electron chi connectivity index (χ3n) is 6.38. The molecule has 0 fully saturated rings. The fourth-order valence-electron chi connectivity index (χ4n) is 3.72. The number of anilines is 1. The minimum Gasteiger partial charge on any atom is -0.497 e. The van der Waals surface area contributed by atoms with E-state index in [2.05, 4.69) is 26.1 Å². The van der Waals surface area contributed by atoms with Crippen molar-refractivity contribution in [2.75, 3.05) is 24.2 Å². The maximum atomic E-state index is 13.6. The first-order valence-corrected chi connectivity index (χ1v) is 14.3. The van der Waals surface area contributed by atoms with Crippen LogP contribution in [-0.2, 0) is 31.6 Å². The number of benzene rings is 2. The number of nitrogens with one attached hydrogen (secondary N) is 1. The monoisotopic (exact) mass is 531 g/mol. The van der Waals surface area contributed by atoms with Crippen LogP contribution in [0.3, 0.4) is 0 Å². The molecule has 2 amide bonds. The number of carbonyl (C=O) groups excluding carboxylic acids is 2. The minimum atomic E-state index is -3.78. The van der Waals surface area contributed by atoms with E-state index in [1.165, 1.54) is 4.90 Å². The summed E-state index contributed by atoms with van der Waals surface area (Å²) in [6, 6.07) is 13.5. The van der Waals surface area contributed by atoms with Gasteiger partial charge in [-0.25, -0.2) is 8.42 Å². The molecular weight excluding hydrogens is 490 g/mol. The summed E-state index contributed by atoms with van der Waals surface area (Å²) in [5.74, 6) is -0.101. The molecule has 0 radical (unpaired) electrons. The first kappa shape index (κ1) is 30.2. The highest BCUT2D eigenvalue weighted by molar-refractivity contribution is 7.92. The molecule has 0 saturated heterocycles. The first-order valence-electron chi connectivity index (χ1n) is 12.5. The normalized spacial score (nSPS) is 13.4. The molecule has 0 bridgehead atoms. The van der Waals surface area contributed by atoms with Crippen LogP contribution in [0.5, 0.6) is 5.75 Å². The van der Waals surface area contributed by atoms with Crippen LogP contribution in [-0.4, -0.2) is 57.1 Å². The van der Waals surface area contributed by atoms with Crippen LogP contribution in [0, 0.1) is 0 Å². The highest BCUT2D eigenvalue weighted by Gasteiger charge is 2.30. The van der Waals surface area contributed by atoms with Crippen molar-refractivity contribution in [3.63, 3.8) is 0 Å². The van der Waals surface area contributed by atoms with Crippen LogP contribution in [0.2, 0.25) is 0 Å². The van der Waals surface area contributed by atoms with Gasteiger partial charge in [0, 0.05) is 12.6 Å². The summed E-state index contributed by atoms with van der Waals surface area (Å²) in [5.41, 5.74) is 2.13. The fourth-order valence-corrected chi connectivity index (χ4v) is 4.57. The van der Waals surface area contributed by atoms with Crippen molar-refractivity contribution in [2.45, 2.75) is 72.0 Å². The number of ether oxygens (including phenoxy) is 1. The first-order chi connectivity index (χ1) is 17.2. The molecule has 2 rings (SSSR count). The van der Waals surface area contributed by atoms with Gasteiger partial charge >= 0.3 is 0 Å². The lowest BCUT2D eigenvalue weighted by Crippen LogP contribution is -2.52. The van der Waals surface area contributed by atoms with Gasteiger partial charge in [-0.3, -0.25) is 13.9 Å². The Kier molecular flexibility index (Phi) is 10.1. The zero-order valence-electron chi connectivity index (χ0n) is 23.2. The van der Waals surface area contributed by atoms with Gasteiger partial charge in [0.2, 0.25) is 21.8 Å². The SMILES string of the molecule is CC[C@@H](C)NC(=O)[C@H](C)N(Cc1ccc(OC)cc1)C(=O)CN(c1ccc(C(C)(C)C)cc1)S(C)(=O)=O. The van der Waals surface area contributed by atoms with Crippen molar-refractivity contribution < 1.29 is 22.7 Å². The Labute approximate surface area is 222 Å². The van der Waals surface area contributed by atoms with Gasteiger partial charge in [-0.1, -0.05) is 52.0 Å². The number of rotatable bonds is 11. The second-order valence-corrected chi connectivity index (χ2v) is 12.3. The quantitative estimate of drug-likeness (QED) is 0.471. The maximum Gasteiger partial charge on any atom is 0.244 e. The van der Waals surface area contributed by atoms with Crippen LogP contribution >= 0.6 is 0 Å². The van der Waals surface area contributed by atoms with Crippen LogP contribution in [0.25, 0.3) is 0 Å². The molecule has 0 saturated carbocycles. The van der Waals surface area contributed by atoms with Crippen molar-refractivity contribution in [1.82, 2.24) is 10.2 Å². The van der Waals surface area contributed by atoms with Crippen molar-refractivity contribution in [1.29, 1.82) is 0 Å². The molecule has 0 spiro atoms. The second kappa shape index (κ2) is 12.4. The molecule has 9 heteroatoms. The van der Waals surface area contributed by atoms with Gasteiger partial charge < -0.3 is 15.0 Å². The fraction of sp³-hybridized carbons (Fsp3) is 0.500. The molecule has 2 atom stereocenters. The molecule has 0 aliphatic rings. The second-order valence-electron chi connectivity index (χ2n) is 10.4.